The lowest BCUT2D eigenvalue weighted by Crippen LogP contribution is -2.30. The molecule has 0 aliphatic rings. The van der Waals surface area contributed by atoms with E-state index in [0.717, 1.165) is 28.7 Å². The van der Waals surface area contributed by atoms with Crippen LogP contribution in [0.15, 0.2) is 29.4 Å². The predicted molar refractivity (Wildman–Crippen MR) is 111 cm³/mol. The summed E-state index contributed by atoms with van der Waals surface area (Å²) in [5.41, 5.74) is 3.56. The quantitative estimate of drug-likeness (QED) is 0.537. The molecule has 1 heterocycles. The Kier molecular flexibility index (Phi) is 7.69. The van der Waals surface area contributed by atoms with E-state index >= 15 is 0 Å². The number of nitrogens with one attached hydrogen (secondary N) is 1. The molecule has 2 rings (SSSR count). The molecule has 6 nitrogen and oxygen atoms in total. The smallest absolute Gasteiger partial charge is 0.337 e. The average molecular weight is 404 g/mol. The number of aryl methyl sites for hydroxylation is 1. The summed E-state index contributed by atoms with van der Waals surface area (Å²) < 4.78 is 6.88. The summed E-state index contributed by atoms with van der Waals surface area (Å²) in [7, 11) is 1.35. The third-order valence-electron chi connectivity index (χ3n) is 4.46. The van der Waals surface area contributed by atoms with Crippen LogP contribution in [0.5, 0.6) is 0 Å². The zero-order valence-corrected chi connectivity index (χ0v) is 18.2. The van der Waals surface area contributed by atoms with Crippen molar-refractivity contribution in [2.24, 2.45) is 5.92 Å². The van der Waals surface area contributed by atoms with Crippen molar-refractivity contribution in [1.29, 1.82) is 0 Å². The first-order valence-electron chi connectivity index (χ1n) is 9.38. The van der Waals surface area contributed by atoms with E-state index in [0.29, 0.717) is 18.0 Å². The first kappa shape index (κ1) is 22.0. The van der Waals surface area contributed by atoms with Crippen molar-refractivity contribution < 1.29 is 14.3 Å². The summed E-state index contributed by atoms with van der Waals surface area (Å²) in [5, 5.41) is 3.57. The van der Waals surface area contributed by atoms with Gasteiger partial charge in [-0.2, -0.15) is 0 Å². The molecule has 152 valence electrons. The van der Waals surface area contributed by atoms with Gasteiger partial charge in [-0.15, -0.1) is 0 Å². The zero-order chi connectivity index (χ0) is 20.8. The van der Waals surface area contributed by atoms with Crippen LogP contribution in [0, 0.1) is 19.8 Å². The number of carbonyl (C=O) groups excluding carboxylic acids is 2. The Bertz CT molecular complexity index is 828. The Balaban J connectivity index is 1.96. The fourth-order valence-corrected chi connectivity index (χ4v) is 3.75. The van der Waals surface area contributed by atoms with Gasteiger partial charge in [0.2, 0.25) is 5.91 Å². The van der Waals surface area contributed by atoms with Crippen LogP contribution in [0.2, 0.25) is 0 Å². The van der Waals surface area contributed by atoms with Crippen LogP contribution in [0.25, 0.3) is 0 Å². The highest BCUT2D eigenvalue weighted by atomic mass is 32.2. The molecule has 28 heavy (non-hydrogen) atoms. The number of ether oxygens (including phenoxy) is 1. The molecule has 0 saturated carbocycles. The minimum Gasteiger partial charge on any atom is -0.465 e. The lowest BCUT2D eigenvalue weighted by atomic mass is 10.1. The normalized spacial score (nSPS) is 12.1. The zero-order valence-electron chi connectivity index (χ0n) is 17.4. The molecule has 2 aromatic rings. The topological polar surface area (TPSA) is 73.2 Å². The van der Waals surface area contributed by atoms with Crippen LogP contribution in [-0.4, -0.2) is 33.8 Å². The highest BCUT2D eigenvalue weighted by Gasteiger charge is 2.20. The molecular formula is C21H29N3O3S. The Morgan fingerprint density at radius 2 is 1.82 bits per heavy atom. The number of esters is 1. The van der Waals surface area contributed by atoms with Crippen molar-refractivity contribution in [3.05, 3.63) is 46.8 Å². The van der Waals surface area contributed by atoms with E-state index in [-0.39, 0.29) is 17.1 Å². The summed E-state index contributed by atoms with van der Waals surface area (Å²) in [6.45, 7) is 11.6. The van der Waals surface area contributed by atoms with Gasteiger partial charge in [-0.25, -0.2) is 9.78 Å². The molecule has 0 bridgehead atoms. The SMILES string of the molecule is COC(=O)c1ccc(CNC(=O)C(C)Sc2nc(C)c(C)n2CC(C)C)cc1. The largest absolute Gasteiger partial charge is 0.465 e. The number of amides is 1. The van der Waals surface area contributed by atoms with Crippen LogP contribution < -0.4 is 5.32 Å². The number of imidazole rings is 1. The first-order valence-corrected chi connectivity index (χ1v) is 10.3. The molecular weight excluding hydrogens is 374 g/mol. The summed E-state index contributed by atoms with van der Waals surface area (Å²) in [6, 6.07) is 7.01. The summed E-state index contributed by atoms with van der Waals surface area (Å²) in [6.07, 6.45) is 0. The van der Waals surface area contributed by atoms with E-state index in [1.54, 1.807) is 12.1 Å². The van der Waals surface area contributed by atoms with Gasteiger partial charge in [-0.1, -0.05) is 37.7 Å². The number of hydrogen-bond donors (Lipinski definition) is 1. The molecule has 1 amide bonds. The van der Waals surface area contributed by atoms with Crippen molar-refractivity contribution in [2.45, 2.75) is 58.1 Å². The molecule has 0 radical (unpaired) electrons. The molecule has 0 saturated heterocycles. The predicted octanol–water partition coefficient (Wildman–Crippen LogP) is 3.74. The maximum atomic E-state index is 12.5. The number of nitrogens with zero attached hydrogens (tertiary/aromatic N) is 2. The third kappa shape index (κ3) is 5.61. The maximum Gasteiger partial charge on any atom is 0.337 e. The standard InChI is InChI=1S/C21H29N3O3S/c1-13(2)12-24-15(4)14(3)23-21(24)28-16(5)19(25)22-11-17-7-9-18(10-8-17)20(26)27-6/h7-10,13,16H,11-12H2,1-6H3,(H,22,25). The lowest BCUT2D eigenvalue weighted by molar-refractivity contribution is -0.120. The number of hydrogen-bond acceptors (Lipinski definition) is 5. The van der Waals surface area contributed by atoms with Crippen LogP contribution in [0.1, 0.15) is 48.1 Å². The highest BCUT2D eigenvalue weighted by molar-refractivity contribution is 8.00. The summed E-state index contributed by atoms with van der Waals surface area (Å²) in [5.74, 6) is 0.0864. The lowest BCUT2D eigenvalue weighted by Gasteiger charge is -2.15. The van der Waals surface area contributed by atoms with Crippen molar-refractivity contribution >= 4 is 23.6 Å². The van der Waals surface area contributed by atoms with Gasteiger partial charge in [0, 0.05) is 18.8 Å². The fraction of sp³-hybridized carbons (Fsp3) is 0.476. The van der Waals surface area contributed by atoms with Crippen molar-refractivity contribution in [3.8, 4) is 0 Å². The van der Waals surface area contributed by atoms with E-state index in [1.807, 2.05) is 26.0 Å². The fourth-order valence-electron chi connectivity index (χ4n) is 2.71. The molecule has 0 aliphatic carbocycles. The van der Waals surface area contributed by atoms with Crippen LogP contribution in [0.4, 0.5) is 0 Å². The minimum absolute atomic E-state index is 0.0450. The van der Waals surface area contributed by atoms with Gasteiger partial charge in [0.25, 0.3) is 0 Å². The molecule has 1 unspecified atom stereocenters. The highest BCUT2D eigenvalue weighted by Crippen LogP contribution is 2.26. The van der Waals surface area contributed by atoms with Gasteiger partial charge in [-0.05, 0) is 44.4 Å². The monoisotopic (exact) mass is 403 g/mol. The summed E-state index contributed by atoms with van der Waals surface area (Å²) in [4.78, 5) is 28.6. The average Bonchev–Trinajstić information content (AvgIpc) is 2.92. The maximum absolute atomic E-state index is 12.5. The number of benzene rings is 1. The van der Waals surface area contributed by atoms with Gasteiger partial charge in [0.1, 0.15) is 0 Å². The van der Waals surface area contributed by atoms with E-state index in [2.05, 4.69) is 40.4 Å². The molecule has 0 aliphatic heterocycles. The first-order chi connectivity index (χ1) is 13.2. The minimum atomic E-state index is -0.372. The van der Waals surface area contributed by atoms with Gasteiger partial charge in [0.05, 0.1) is 23.6 Å². The Morgan fingerprint density at radius 3 is 2.39 bits per heavy atom. The number of methoxy groups -OCH3 is 1. The van der Waals surface area contributed by atoms with Gasteiger partial charge >= 0.3 is 5.97 Å². The molecule has 1 aromatic carbocycles. The van der Waals surface area contributed by atoms with Crippen molar-refractivity contribution in [2.75, 3.05) is 7.11 Å². The van der Waals surface area contributed by atoms with E-state index < -0.39 is 0 Å². The van der Waals surface area contributed by atoms with E-state index in [4.69, 9.17) is 0 Å². The second-order valence-corrected chi connectivity index (χ2v) is 8.54. The Hall–Kier alpha value is -2.28. The van der Waals surface area contributed by atoms with Gasteiger partial charge in [0.15, 0.2) is 5.16 Å². The number of carbonyl (C=O) groups is 2. The van der Waals surface area contributed by atoms with Crippen LogP contribution >= 0.6 is 11.8 Å². The second-order valence-electron chi connectivity index (χ2n) is 7.24. The second kappa shape index (κ2) is 9.78. The van der Waals surface area contributed by atoms with Crippen molar-refractivity contribution in [1.82, 2.24) is 14.9 Å². The van der Waals surface area contributed by atoms with E-state index in [1.165, 1.54) is 18.9 Å². The Labute approximate surface area is 171 Å². The Morgan fingerprint density at radius 1 is 1.18 bits per heavy atom. The number of rotatable bonds is 8. The molecule has 0 spiro atoms. The molecule has 1 atom stereocenters. The molecule has 7 heteroatoms. The van der Waals surface area contributed by atoms with Gasteiger partial charge < -0.3 is 14.6 Å². The van der Waals surface area contributed by atoms with Crippen LogP contribution in [0.3, 0.4) is 0 Å². The number of aromatic nitrogens is 2. The molecule has 1 N–H and O–H groups in total. The summed E-state index contributed by atoms with van der Waals surface area (Å²) >= 11 is 1.48. The number of thioether (sulfide) groups is 1. The molecule has 0 fully saturated rings. The van der Waals surface area contributed by atoms with Crippen molar-refractivity contribution in [3.63, 3.8) is 0 Å². The third-order valence-corrected chi connectivity index (χ3v) is 5.55. The van der Waals surface area contributed by atoms with E-state index in [9.17, 15) is 9.59 Å². The van der Waals surface area contributed by atoms with Gasteiger partial charge in [-0.3, -0.25) is 4.79 Å². The molecule has 1 aromatic heterocycles. The van der Waals surface area contributed by atoms with Crippen LogP contribution in [-0.2, 0) is 22.6 Å².